The standard InChI is InChI=1S/C3H6O2S.C2H7NO/c4-3(5)1-2-6;3-1-2-4/h6H,1-2H2,(H,4,5);4H,1-3H2. The van der Waals surface area contributed by atoms with Crippen molar-refractivity contribution in [2.75, 3.05) is 18.9 Å². The van der Waals surface area contributed by atoms with Crippen LogP contribution in [0.3, 0.4) is 0 Å². The normalized spacial score (nSPS) is 7.90. The second kappa shape index (κ2) is 11.5. The largest absolute Gasteiger partial charge is 0.550 e. The molecule has 0 aromatic heterocycles. The number of carboxylic acid groups (broad SMARTS) is 1. The minimum absolute atomic E-state index is 0.0448. The SMILES string of the molecule is O=C([O-])CCS.[NH3+]CCO. The van der Waals surface area contributed by atoms with Crippen molar-refractivity contribution < 1.29 is 20.7 Å². The van der Waals surface area contributed by atoms with Crippen molar-refractivity contribution in [1.82, 2.24) is 0 Å². The molecule has 0 aliphatic heterocycles. The zero-order valence-corrected chi connectivity index (χ0v) is 6.64. The van der Waals surface area contributed by atoms with Crippen molar-refractivity contribution in [3.63, 3.8) is 0 Å². The van der Waals surface area contributed by atoms with Crippen LogP contribution in [0.1, 0.15) is 6.42 Å². The van der Waals surface area contributed by atoms with E-state index < -0.39 is 5.97 Å². The zero-order chi connectivity index (χ0) is 8.41. The summed E-state index contributed by atoms with van der Waals surface area (Å²) >= 11 is 3.64. The Hall–Kier alpha value is -0.260. The first kappa shape index (κ1) is 12.4. The van der Waals surface area contributed by atoms with E-state index in [1.54, 1.807) is 0 Å². The van der Waals surface area contributed by atoms with E-state index in [-0.39, 0.29) is 13.0 Å². The number of aliphatic hydroxyl groups excluding tert-OH is 1. The lowest BCUT2D eigenvalue weighted by Crippen LogP contribution is -2.51. The topological polar surface area (TPSA) is 88.0 Å². The second-order valence-corrected chi connectivity index (χ2v) is 1.87. The molecule has 0 bridgehead atoms. The molecular formula is C5H13NO3S. The molecule has 0 amide bonds. The van der Waals surface area contributed by atoms with Gasteiger partial charge in [0, 0.05) is 5.97 Å². The lowest BCUT2D eigenvalue weighted by molar-refractivity contribution is -0.372. The fraction of sp³-hybridized carbons (Fsp3) is 0.800. The van der Waals surface area contributed by atoms with Gasteiger partial charge in [-0.15, -0.1) is 0 Å². The molecule has 0 aliphatic carbocycles. The molecule has 0 spiro atoms. The summed E-state index contributed by atoms with van der Waals surface area (Å²) in [6, 6.07) is 0. The van der Waals surface area contributed by atoms with Crippen LogP contribution in [0.2, 0.25) is 0 Å². The molecule has 62 valence electrons. The summed E-state index contributed by atoms with van der Waals surface area (Å²) in [6.07, 6.45) is 0.0448. The molecule has 0 unspecified atom stereocenters. The number of hydrogen-bond acceptors (Lipinski definition) is 4. The van der Waals surface area contributed by atoms with Gasteiger partial charge in [0.1, 0.15) is 0 Å². The van der Waals surface area contributed by atoms with Crippen LogP contribution in [-0.2, 0) is 4.79 Å². The number of carbonyl (C=O) groups is 1. The third kappa shape index (κ3) is 25.1. The van der Waals surface area contributed by atoms with Crippen molar-refractivity contribution >= 4 is 18.6 Å². The number of hydrogen-bond donors (Lipinski definition) is 3. The number of aliphatic hydroxyl groups is 1. The number of carbonyl (C=O) groups excluding carboxylic acids is 1. The van der Waals surface area contributed by atoms with Crippen LogP contribution in [0.15, 0.2) is 0 Å². The lowest BCUT2D eigenvalue weighted by atomic mass is 10.5. The molecule has 10 heavy (non-hydrogen) atoms. The predicted octanol–water partition coefficient (Wildman–Crippen LogP) is -2.72. The Morgan fingerprint density at radius 1 is 1.70 bits per heavy atom. The molecule has 0 radical (unpaired) electrons. The Morgan fingerprint density at radius 3 is 2.10 bits per heavy atom. The molecular weight excluding hydrogens is 154 g/mol. The highest BCUT2D eigenvalue weighted by atomic mass is 32.1. The first-order chi connectivity index (χ1) is 4.68. The van der Waals surface area contributed by atoms with Crippen LogP contribution in [0, 0.1) is 0 Å². The fourth-order valence-corrected chi connectivity index (χ4v) is 0.274. The van der Waals surface area contributed by atoms with Crippen molar-refractivity contribution in [1.29, 1.82) is 0 Å². The molecule has 0 aromatic carbocycles. The first-order valence-electron chi connectivity index (χ1n) is 2.89. The number of aliphatic carboxylic acids is 1. The Labute approximate surface area is 65.4 Å². The summed E-state index contributed by atoms with van der Waals surface area (Å²) in [5.41, 5.74) is 3.35. The average molecular weight is 167 g/mol. The Bertz CT molecular complexity index is 77.3. The average Bonchev–Trinajstić information content (AvgIpc) is 1.89. The van der Waals surface area contributed by atoms with E-state index in [1.807, 2.05) is 0 Å². The molecule has 0 aromatic rings. The Morgan fingerprint density at radius 2 is 2.10 bits per heavy atom. The van der Waals surface area contributed by atoms with E-state index in [0.717, 1.165) is 0 Å². The second-order valence-electron chi connectivity index (χ2n) is 1.42. The van der Waals surface area contributed by atoms with Gasteiger partial charge in [0.2, 0.25) is 0 Å². The number of rotatable bonds is 3. The van der Waals surface area contributed by atoms with Crippen LogP contribution in [0.5, 0.6) is 0 Å². The van der Waals surface area contributed by atoms with E-state index in [0.29, 0.717) is 12.3 Å². The fourth-order valence-electron chi connectivity index (χ4n) is 0.0913. The molecule has 0 rings (SSSR count). The molecule has 0 heterocycles. The molecule has 0 fully saturated rings. The number of quaternary nitrogens is 1. The Balaban J connectivity index is 0. The van der Waals surface area contributed by atoms with Crippen LogP contribution < -0.4 is 10.8 Å². The zero-order valence-electron chi connectivity index (χ0n) is 5.75. The van der Waals surface area contributed by atoms with E-state index in [2.05, 4.69) is 18.4 Å². The smallest absolute Gasteiger partial charge is 0.0974 e. The highest BCUT2D eigenvalue weighted by Crippen LogP contribution is 1.77. The van der Waals surface area contributed by atoms with Crippen LogP contribution in [0.25, 0.3) is 0 Å². The molecule has 0 saturated heterocycles. The number of carboxylic acids is 1. The summed E-state index contributed by atoms with van der Waals surface area (Å²) in [5, 5.41) is 17.3. The quantitative estimate of drug-likeness (QED) is 0.399. The van der Waals surface area contributed by atoms with Crippen molar-refractivity contribution in [2.24, 2.45) is 0 Å². The van der Waals surface area contributed by atoms with Crippen molar-refractivity contribution in [3.8, 4) is 0 Å². The predicted molar refractivity (Wildman–Crippen MR) is 38.3 cm³/mol. The van der Waals surface area contributed by atoms with Gasteiger partial charge in [-0.3, -0.25) is 0 Å². The van der Waals surface area contributed by atoms with Crippen molar-refractivity contribution in [2.45, 2.75) is 6.42 Å². The molecule has 4 N–H and O–H groups in total. The summed E-state index contributed by atoms with van der Waals surface area (Å²) in [5.74, 6) is -0.674. The van der Waals surface area contributed by atoms with Gasteiger partial charge in [-0.2, -0.15) is 12.6 Å². The molecule has 5 heteroatoms. The maximum Gasteiger partial charge on any atom is 0.0974 e. The molecule has 0 aliphatic rings. The molecule has 0 saturated carbocycles. The third-order valence-corrected chi connectivity index (χ3v) is 0.698. The first-order valence-corrected chi connectivity index (χ1v) is 3.53. The maximum atomic E-state index is 9.44. The molecule has 4 nitrogen and oxygen atoms in total. The van der Waals surface area contributed by atoms with Crippen LogP contribution in [-0.4, -0.2) is 30.0 Å². The van der Waals surface area contributed by atoms with Crippen molar-refractivity contribution in [3.05, 3.63) is 0 Å². The number of thiol groups is 1. The highest BCUT2D eigenvalue weighted by Gasteiger charge is 1.75. The molecule has 0 atom stereocenters. The van der Waals surface area contributed by atoms with Crippen LogP contribution >= 0.6 is 12.6 Å². The van der Waals surface area contributed by atoms with Gasteiger partial charge in [0.15, 0.2) is 0 Å². The van der Waals surface area contributed by atoms with Gasteiger partial charge in [-0.1, -0.05) is 0 Å². The maximum absolute atomic E-state index is 9.44. The van der Waals surface area contributed by atoms with E-state index in [1.165, 1.54) is 0 Å². The van der Waals surface area contributed by atoms with E-state index in [4.69, 9.17) is 5.11 Å². The minimum Gasteiger partial charge on any atom is -0.550 e. The minimum atomic E-state index is -1.04. The summed E-state index contributed by atoms with van der Waals surface area (Å²) < 4.78 is 0. The van der Waals surface area contributed by atoms with Gasteiger partial charge in [0.25, 0.3) is 0 Å². The summed E-state index contributed by atoms with van der Waals surface area (Å²) in [7, 11) is 0. The van der Waals surface area contributed by atoms with Gasteiger partial charge in [-0.25, -0.2) is 0 Å². The highest BCUT2D eigenvalue weighted by molar-refractivity contribution is 7.80. The summed E-state index contributed by atoms with van der Waals surface area (Å²) in [4.78, 5) is 9.44. The monoisotopic (exact) mass is 167 g/mol. The van der Waals surface area contributed by atoms with E-state index >= 15 is 0 Å². The van der Waals surface area contributed by atoms with E-state index in [9.17, 15) is 9.90 Å². The van der Waals surface area contributed by atoms with Crippen LogP contribution in [0.4, 0.5) is 0 Å². The van der Waals surface area contributed by atoms with Gasteiger partial charge in [-0.05, 0) is 12.2 Å². The lowest BCUT2D eigenvalue weighted by Gasteiger charge is -1.91. The Kier molecular flexibility index (Phi) is 14.3. The van der Waals surface area contributed by atoms with Gasteiger partial charge in [0.05, 0.1) is 13.2 Å². The van der Waals surface area contributed by atoms with Gasteiger partial charge < -0.3 is 20.7 Å². The third-order valence-electron chi connectivity index (χ3n) is 0.474. The summed E-state index contributed by atoms with van der Waals surface area (Å²) in [6.45, 7) is 0.833. The van der Waals surface area contributed by atoms with Gasteiger partial charge >= 0.3 is 0 Å².